The van der Waals surface area contributed by atoms with E-state index in [9.17, 15) is 26.4 Å². The second kappa shape index (κ2) is 9.97. The fourth-order valence-electron chi connectivity index (χ4n) is 1.66. The van der Waals surface area contributed by atoms with Gasteiger partial charge in [0.15, 0.2) is 0 Å². The van der Waals surface area contributed by atoms with Crippen molar-refractivity contribution in [3.8, 4) is 0 Å². The molecule has 0 rings (SSSR count). The van der Waals surface area contributed by atoms with Gasteiger partial charge in [-0.05, 0) is 24.7 Å². The quantitative estimate of drug-likeness (QED) is 0.388. The molecule has 0 N–H and O–H groups in total. The summed E-state index contributed by atoms with van der Waals surface area (Å²) >= 11 is 0. The molecule has 0 spiro atoms. The molecule has 0 saturated carbocycles. The fourth-order valence-corrected chi connectivity index (χ4v) is 3.64. The Balaban J connectivity index is 4.23. The van der Waals surface area contributed by atoms with Crippen LogP contribution in [0.15, 0.2) is 0 Å². The van der Waals surface area contributed by atoms with E-state index in [1.165, 1.54) is 0 Å². The third-order valence-electron chi connectivity index (χ3n) is 2.63. The van der Waals surface area contributed by atoms with Crippen LogP contribution in [0.3, 0.4) is 0 Å². The molecule has 0 saturated heterocycles. The average Bonchev–Trinajstić information content (AvgIpc) is 2.30. The van der Waals surface area contributed by atoms with Crippen LogP contribution in [0.2, 0.25) is 0 Å². The lowest BCUT2D eigenvalue weighted by Gasteiger charge is -2.08. The molecule has 0 aliphatic carbocycles. The molecule has 0 unspecified atom stereocenters. The highest BCUT2D eigenvalue weighted by Gasteiger charge is 2.20. The Bertz CT molecular complexity index is 561. The molecule has 0 heterocycles. The van der Waals surface area contributed by atoms with Crippen molar-refractivity contribution in [3.05, 3.63) is 0 Å². The zero-order valence-corrected chi connectivity index (χ0v) is 16.1. The van der Waals surface area contributed by atoms with Crippen molar-refractivity contribution in [3.63, 3.8) is 0 Å². The predicted octanol–water partition coefficient (Wildman–Crippen LogP) is 1.60. The molecule has 0 aromatic heterocycles. The molecular weight excluding hydrogens is 360 g/mol. The van der Waals surface area contributed by atoms with Crippen molar-refractivity contribution >= 4 is 32.2 Å². The van der Waals surface area contributed by atoms with Crippen LogP contribution in [0.1, 0.15) is 53.4 Å². The highest BCUT2D eigenvalue weighted by molar-refractivity contribution is 7.87. The Hall–Kier alpha value is -1.16. The van der Waals surface area contributed by atoms with Crippen LogP contribution in [-0.2, 0) is 38.2 Å². The minimum absolute atomic E-state index is 0.0145. The summed E-state index contributed by atoms with van der Waals surface area (Å²) in [5.74, 6) is -2.68. The van der Waals surface area contributed by atoms with E-state index in [4.69, 9.17) is 0 Å². The summed E-state index contributed by atoms with van der Waals surface area (Å²) in [6.07, 6.45) is -0.0880. The number of carbonyl (C=O) groups is 2. The van der Waals surface area contributed by atoms with Crippen LogP contribution in [-0.4, -0.2) is 40.3 Å². The van der Waals surface area contributed by atoms with Gasteiger partial charge in [-0.1, -0.05) is 27.7 Å². The molecule has 0 radical (unpaired) electrons. The highest BCUT2D eigenvalue weighted by Crippen LogP contribution is 2.09. The van der Waals surface area contributed by atoms with Gasteiger partial charge in [0.2, 0.25) is 0 Å². The summed E-state index contributed by atoms with van der Waals surface area (Å²) in [7, 11) is -8.07. The van der Waals surface area contributed by atoms with E-state index in [2.05, 4.69) is 8.37 Å². The van der Waals surface area contributed by atoms with Gasteiger partial charge in [0, 0.05) is 12.8 Å². The third-order valence-corrected chi connectivity index (χ3v) is 5.09. The van der Waals surface area contributed by atoms with Crippen LogP contribution in [0, 0.1) is 11.8 Å². The Morgan fingerprint density at radius 3 is 1.25 bits per heavy atom. The molecule has 0 aromatic rings. The van der Waals surface area contributed by atoms with E-state index < -0.39 is 43.7 Å². The molecule has 0 aliphatic heterocycles. The molecule has 10 heteroatoms. The van der Waals surface area contributed by atoms with Crippen molar-refractivity contribution in [1.29, 1.82) is 0 Å². The van der Waals surface area contributed by atoms with Gasteiger partial charge in [-0.2, -0.15) is 16.8 Å². The molecule has 24 heavy (non-hydrogen) atoms. The maximum absolute atomic E-state index is 11.6. The minimum atomic E-state index is -4.04. The van der Waals surface area contributed by atoms with Crippen LogP contribution < -0.4 is 0 Å². The molecule has 0 bridgehead atoms. The van der Waals surface area contributed by atoms with E-state index in [-0.39, 0.29) is 37.5 Å². The van der Waals surface area contributed by atoms with E-state index in [0.29, 0.717) is 0 Å². The van der Waals surface area contributed by atoms with Crippen molar-refractivity contribution in [2.45, 2.75) is 53.4 Å². The minimum Gasteiger partial charge on any atom is -0.346 e. The van der Waals surface area contributed by atoms with Gasteiger partial charge in [0.25, 0.3) is 0 Å². The lowest BCUT2D eigenvalue weighted by atomic mass is 10.1. The van der Waals surface area contributed by atoms with Crippen molar-refractivity contribution < 1.29 is 34.8 Å². The monoisotopic (exact) mass is 386 g/mol. The Labute approximate surface area is 144 Å². The fraction of sp³-hybridized carbons (Fsp3) is 0.857. The molecule has 0 atom stereocenters. The second-order valence-corrected chi connectivity index (χ2v) is 9.72. The summed E-state index contributed by atoms with van der Waals surface area (Å²) in [6.45, 7) is 7.00. The summed E-state index contributed by atoms with van der Waals surface area (Å²) in [5, 5.41) is 0. The maximum atomic E-state index is 11.6. The first kappa shape index (κ1) is 22.8. The zero-order chi connectivity index (χ0) is 19.0. The van der Waals surface area contributed by atoms with Crippen LogP contribution in [0.25, 0.3) is 0 Å². The van der Waals surface area contributed by atoms with Gasteiger partial charge < -0.3 is 8.37 Å². The van der Waals surface area contributed by atoms with Crippen molar-refractivity contribution in [1.82, 2.24) is 0 Å². The lowest BCUT2D eigenvalue weighted by molar-refractivity contribution is -0.135. The predicted molar refractivity (Wildman–Crippen MR) is 87.9 cm³/mol. The third kappa shape index (κ3) is 12.3. The molecule has 0 fully saturated rings. The number of unbranched alkanes of at least 4 members (excludes halogenated alkanes) is 1. The SMILES string of the molecule is CC(C)CC(=O)OS(=O)(=O)CCCCS(=O)(=O)OC(=O)CC(C)C. The van der Waals surface area contributed by atoms with E-state index in [1.54, 1.807) is 27.7 Å². The Kier molecular flexibility index (Phi) is 9.49. The summed E-state index contributed by atoms with van der Waals surface area (Å²) in [6, 6.07) is 0. The average molecular weight is 386 g/mol. The first-order valence-electron chi connectivity index (χ1n) is 7.73. The van der Waals surface area contributed by atoms with Crippen molar-refractivity contribution in [2.24, 2.45) is 11.8 Å². The number of hydrogen-bond donors (Lipinski definition) is 0. The van der Waals surface area contributed by atoms with Gasteiger partial charge in [0.05, 0.1) is 11.5 Å². The van der Waals surface area contributed by atoms with Gasteiger partial charge in [0.1, 0.15) is 0 Å². The maximum Gasteiger partial charge on any atom is 0.322 e. The van der Waals surface area contributed by atoms with Crippen LogP contribution >= 0.6 is 0 Å². The standard InChI is InChI=1S/C14H26O8S2/c1-11(2)9-13(15)21-23(17,18)7-5-6-8-24(19,20)22-14(16)10-12(3)4/h11-12H,5-10H2,1-4H3. The van der Waals surface area contributed by atoms with E-state index in [1.807, 2.05) is 0 Å². The van der Waals surface area contributed by atoms with Crippen LogP contribution in [0.4, 0.5) is 0 Å². The Morgan fingerprint density at radius 2 is 1.00 bits per heavy atom. The molecular formula is C14H26O8S2. The first-order chi connectivity index (χ1) is 10.8. The van der Waals surface area contributed by atoms with Gasteiger partial charge in [-0.25, -0.2) is 0 Å². The second-order valence-electron chi connectivity index (χ2n) is 6.34. The highest BCUT2D eigenvalue weighted by atomic mass is 32.2. The number of carbonyl (C=O) groups excluding carboxylic acids is 2. The van der Waals surface area contributed by atoms with Gasteiger partial charge in [-0.3, -0.25) is 9.59 Å². The van der Waals surface area contributed by atoms with Crippen LogP contribution in [0.5, 0.6) is 0 Å². The first-order valence-corrected chi connectivity index (χ1v) is 10.9. The number of hydrogen-bond acceptors (Lipinski definition) is 8. The molecule has 0 aromatic carbocycles. The topological polar surface area (TPSA) is 121 Å². The normalized spacial score (nSPS) is 12.4. The molecule has 8 nitrogen and oxygen atoms in total. The van der Waals surface area contributed by atoms with Gasteiger partial charge >= 0.3 is 32.2 Å². The van der Waals surface area contributed by atoms with Crippen molar-refractivity contribution in [2.75, 3.05) is 11.5 Å². The molecule has 0 amide bonds. The zero-order valence-electron chi connectivity index (χ0n) is 14.5. The lowest BCUT2D eigenvalue weighted by Crippen LogP contribution is -2.19. The smallest absolute Gasteiger partial charge is 0.322 e. The van der Waals surface area contributed by atoms with Gasteiger partial charge in [-0.15, -0.1) is 0 Å². The summed E-state index contributed by atoms with van der Waals surface area (Å²) in [4.78, 5) is 22.6. The number of rotatable bonds is 11. The molecule has 142 valence electrons. The largest absolute Gasteiger partial charge is 0.346 e. The van der Waals surface area contributed by atoms with E-state index in [0.717, 1.165) is 0 Å². The Morgan fingerprint density at radius 1 is 0.708 bits per heavy atom. The molecule has 0 aliphatic rings. The summed E-state index contributed by atoms with van der Waals surface area (Å²) in [5.41, 5.74) is 0. The van der Waals surface area contributed by atoms with E-state index >= 15 is 0 Å². The summed E-state index contributed by atoms with van der Waals surface area (Å²) < 4.78 is 55.0.